The smallest absolute Gasteiger partial charge is 0.291 e. The first-order valence-electron chi connectivity index (χ1n) is 11.6. The second kappa shape index (κ2) is 8.84. The third-order valence-electron chi connectivity index (χ3n) is 6.56. The van der Waals surface area contributed by atoms with Gasteiger partial charge in [-0.25, -0.2) is 15.0 Å². The quantitative estimate of drug-likeness (QED) is 0.609. The number of hydrogen-bond donors (Lipinski definition) is 0. The van der Waals surface area contributed by atoms with E-state index in [1.807, 2.05) is 30.0 Å². The molecule has 5 rings (SSSR count). The summed E-state index contributed by atoms with van der Waals surface area (Å²) in [5.41, 5.74) is 3.72. The molecule has 1 aromatic carbocycles. The van der Waals surface area contributed by atoms with E-state index >= 15 is 0 Å². The first-order valence-corrected chi connectivity index (χ1v) is 11.6. The predicted octanol–water partition coefficient (Wildman–Crippen LogP) is 3.21. The van der Waals surface area contributed by atoms with Gasteiger partial charge in [0.05, 0.1) is 12.5 Å². The Morgan fingerprint density at radius 3 is 2.39 bits per heavy atom. The number of benzene rings is 1. The Labute approximate surface area is 194 Å². The summed E-state index contributed by atoms with van der Waals surface area (Å²) in [5.74, 6) is 1.81. The second-order valence-electron chi connectivity index (χ2n) is 8.82. The molecule has 8 heteroatoms. The average molecular weight is 447 g/mol. The van der Waals surface area contributed by atoms with Crippen LogP contribution in [0, 0.1) is 13.8 Å². The van der Waals surface area contributed by atoms with E-state index < -0.39 is 0 Å². The molecule has 3 aromatic rings. The van der Waals surface area contributed by atoms with E-state index in [2.05, 4.69) is 38.8 Å². The summed E-state index contributed by atoms with van der Waals surface area (Å²) in [4.78, 5) is 33.9. The monoisotopic (exact) mass is 446 g/mol. The van der Waals surface area contributed by atoms with Gasteiger partial charge in [0.25, 0.3) is 5.91 Å². The number of amides is 1. The zero-order chi connectivity index (χ0) is 22.9. The highest BCUT2D eigenvalue weighted by Crippen LogP contribution is 2.30. The van der Waals surface area contributed by atoms with Crippen molar-refractivity contribution in [2.75, 3.05) is 56.2 Å². The standard InChI is InChI=1S/C25H30N6O2/c1-17-15-18(2)26-22-21(17)24(30-9-4-5-10-30)28-23(27-22)25(32)31-13-11-29(12-14-31)19-7-6-8-20(16-19)33-3/h6-8,15-16H,4-5,9-14H2,1-3H3. The number of methoxy groups -OCH3 is 1. The van der Waals surface area contributed by atoms with Crippen LogP contribution in [0.3, 0.4) is 0 Å². The number of piperazine rings is 1. The first-order chi connectivity index (χ1) is 16.0. The van der Waals surface area contributed by atoms with Crippen molar-refractivity contribution < 1.29 is 9.53 Å². The molecule has 0 spiro atoms. The fourth-order valence-corrected chi connectivity index (χ4v) is 4.83. The predicted molar refractivity (Wildman–Crippen MR) is 129 cm³/mol. The summed E-state index contributed by atoms with van der Waals surface area (Å²) in [7, 11) is 1.67. The van der Waals surface area contributed by atoms with E-state index in [0.29, 0.717) is 18.7 Å². The normalized spacial score (nSPS) is 16.5. The van der Waals surface area contributed by atoms with Crippen molar-refractivity contribution in [2.24, 2.45) is 0 Å². The molecule has 0 bridgehead atoms. The van der Waals surface area contributed by atoms with Crippen LogP contribution < -0.4 is 14.5 Å². The maximum absolute atomic E-state index is 13.4. The highest BCUT2D eigenvalue weighted by atomic mass is 16.5. The van der Waals surface area contributed by atoms with E-state index in [0.717, 1.165) is 72.9 Å². The topological polar surface area (TPSA) is 74.7 Å². The molecular formula is C25H30N6O2. The molecular weight excluding hydrogens is 416 g/mol. The second-order valence-corrected chi connectivity index (χ2v) is 8.82. The number of anilines is 2. The van der Waals surface area contributed by atoms with Crippen LogP contribution in [-0.2, 0) is 0 Å². The number of hydrogen-bond acceptors (Lipinski definition) is 7. The summed E-state index contributed by atoms with van der Waals surface area (Å²) < 4.78 is 5.35. The van der Waals surface area contributed by atoms with Crippen LogP contribution in [0.2, 0.25) is 0 Å². The Kier molecular flexibility index (Phi) is 5.74. The van der Waals surface area contributed by atoms with Gasteiger partial charge in [-0.2, -0.15) is 0 Å². The molecule has 0 saturated carbocycles. The largest absolute Gasteiger partial charge is 0.497 e. The van der Waals surface area contributed by atoms with Crippen molar-refractivity contribution in [2.45, 2.75) is 26.7 Å². The molecule has 0 radical (unpaired) electrons. The maximum Gasteiger partial charge on any atom is 0.291 e. The number of rotatable bonds is 4. The van der Waals surface area contributed by atoms with Gasteiger partial charge in [0.15, 0.2) is 5.65 Å². The zero-order valence-electron chi connectivity index (χ0n) is 19.5. The lowest BCUT2D eigenvalue weighted by atomic mass is 10.1. The molecule has 2 aliphatic heterocycles. The van der Waals surface area contributed by atoms with Gasteiger partial charge in [-0.15, -0.1) is 0 Å². The van der Waals surface area contributed by atoms with Crippen LogP contribution in [0.5, 0.6) is 5.75 Å². The molecule has 8 nitrogen and oxygen atoms in total. The van der Waals surface area contributed by atoms with Gasteiger partial charge >= 0.3 is 0 Å². The fourth-order valence-electron chi connectivity index (χ4n) is 4.83. The van der Waals surface area contributed by atoms with Crippen molar-refractivity contribution >= 4 is 28.4 Å². The fraction of sp³-hybridized carbons (Fsp3) is 0.440. The number of pyridine rings is 1. The molecule has 0 aliphatic carbocycles. The van der Waals surface area contributed by atoms with Crippen molar-refractivity contribution in [1.82, 2.24) is 19.9 Å². The number of aromatic nitrogens is 3. The molecule has 2 aromatic heterocycles. The summed E-state index contributed by atoms with van der Waals surface area (Å²) >= 11 is 0. The van der Waals surface area contributed by atoms with Gasteiger partial charge in [-0.3, -0.25) is 4.79 Å². The molecule has 2 aliphatic rings. The number of carbonyl (C=O) groups is 1. The van der Waals surface area contributed by atoms with Gasteiger partial charge in [0, 0.05) is 56.7 Å². The van der Waals surface area contributed by atoms with Crippen LogP contribution >= 0.6 is 0 Å². The van der Waals surface area contributed by atoms with Crippen molar-refractivity contribution in [3.8, 4) is 5.75 Å². The van der Waals surface area contributed by atoms with Gasteiger partial charge in [-0.1, -0.05) is 6.07 Å². The number of ether oxygens (including phenoxy) is 1. The third kappa shape index (κ3) is 4.17. The molecule has 172 valence electrons. The van der Waals surface area contributed by atoms with Crippen LogP contribution in [0.1, 0.15) is 34.7 Å². The summed E-state index contributed by atoms with van der Waals surface area (Å²) in [6.07, 6.45) is 2.28. The van der Waals surface area contributed by atoms with Gasteiger partial charge < -0.3 is 19.4 Å². The summed E-state index contributed by atoms with van der Waals surface area (Å²) in [5, 5.41) is 0.960. The molecule has 1 amide bonds. The lowest BCUT2D eigenvalue weighted by molar-refractivity contribution is 0.0735. The van der Waals surface area contributed by atoms with Crippen LogP contribution in [0.4, 0.5) is 11.5 Å². The average Bonchev–Trinajstić information content (AvgIpc) is 3.38. The van der Waals surface area contributed by atoms with Crippen molar-refractivity contribution in [3.63, 3.8) is 0 Å². The first kappa shape index (κ1) is 21.4. The lowest BCUT2D eigenvalue weighted by Gasteiger charge is -2.36. The summed E-state index contributed by atoms with van der Waals surface area (Å²) in [6.45, 7) is 8.68. The maximum atomic E-state index is 13.4. The van der Waals surface area contributed by atoms with E-state index in [4.69, 9.17) is 9.72 Å². The molecule has 0 unspecified atom stereocenters. The number of aryl methyl sites for hydroxylation is 2. The van der Waals surface area contributed by atoms with Gasteiger partial charge in [-0.05, 0) is 50.5 Å². The van der Waals surface area contributed by atoms with Crippen LogP contribution in [-0.4, -0.2) is 72.1 Å². The van der Waals surface area contributed by atoms with Crippen molar-refractivity contribution in [1.29, 1.82) is 0 Å². The number of nitrogens with zero attached hydrogens (tertiary/aromatic N) is 6. The van der Waals surface area contributed by atoms with Crippen LogP contribution in [0.25, 0.3) is 11.0 Å². The zero-order valence-corrected chi connectivity index (χ0v) is 19.5. The molecule has 0 atom stereocenters. The minimum Gasteiger partial charge on any atom is -0.497 e. The summed E-state index contributed by atoms with van der Waals surface area (Å²) in [6, 6.07) is 10.1. The van der Waals surface area contributed by atoms with Crippen LogP contribution in [0.15, 0.2) is 30.3 Å². The SMILES string of the molecule is COc1cccc(N2CCN(C(=O)c3nc(N4CCCC4)c4c(C)cc(C)nc4n3)CC2)c1. The van der Waals surface area contributed by atoms with E-state index in [1.54, 1.807) is 7.11 Å². The van der Waals surface area contributed by atoms with E-state index in [1.165, 1.54) is 0 Å². The highest BCUT2D eigenvalue weighted by molar-refractivity contribution is 5.97. The molecule has 2 saturated heterocycles. The third-order valence-corrected chi connectivity index (χ3v) is 6.56. The van der Waals surface area contributed by atoms with Crippen molar-refractivity contribution in [3.05, 3.63) is 47.4 Å². The van der Waals surface area contributed by atoms with E-state index in [9.17, 15) is 4.79 Å². The van der Waals surface area contributed by atoms with Gasteiger partial charge in [0.2, 0.25) is 5.82 Å². The van der Waals surface area contributed by atoms with E-state index in [-0.39, 0.29) is 11.7 Å². The minimum absolute atomic E-state index is 0.122. The Morgan fingerprint density at radius 2 is 1.67 bits per heavy atom. The Balaban J connectivity index is 1.40. The molecule has 33 heavy (non-hydrogen) atoms. The number of fused-ring (bicyclic) bond motifs is 1. The number of carbonyl (C=O) groups excluding carboxylic acids is 1. The Bertz CT molecular complexity index is 1180. The molecule has 2 fully saturated rings. The highest BCUT2D eigenvalue weighted by Gasteiger charge is 2.27. The Morgan fingerprint density at radius 1 is 0.909 bits per heavy atom. The lowest BCUT2D eigenvalue weighted by Crippen LogP contribution is -2.49. The molecule has 4 heterocycles. The van der Waals surface area contributed by atoms with Gasteiger partial charge in [0.1, 0.15) is 11.6 Å². The Hall–Kier alpha value is -3.42. The molecule has 0 N–H and O–H groups in total. The minimum atomic E-state index is -0.122.